The highest BCUT2D eigenvalue weighted by molar-refractivity contribution is 7.90. The van der Waals surface area contributed by atoms with Crippen LogP contribution in [-0.4, -0.2) is 30.8 Å². The summed E-state index contributed by atoms with van der Waals surface area (Å²) >= 11 is 1.31. The Kier molecular flexibility index (Phi) is 3.46. The molecule has 1 aromatic rings. The van der Waals surface area contributed by atoms with E-state index in [4.69, 9.17) is 0 Å². The summed E-state index contributed by atoms with van der Waals surface area (Å²) in [5.74, 6) is 0. The summed E-state index contributed by atoms with van der Waals surface area (Å²) in [5, 5.41) is 2.27. The number of hydrogen-bond donors (Lipinski definition) is 1. The lowest BCUT2D eigenvalue weighted by molar-refractivity contribution is 0.349. The van der Waals surface area contributed by atoms with Crippen LogP contribution in [0.25, 0.3) is 0 Å². The second-order valence-corrected chi connectivity index (χ2v) is 6.39. The average molecular weight is 261 g/mol. The zero-order valence-corrected chi connectivity index (χ0v) is 10.8. The molecule has 0 aromatic carbocycles. The van der Waals surface area contributed by atoms with Gasteiger partial charge >= 0.3 is 10.2 Å². The maximum Gasteiger partial charge on any atom is 0.303 e. The van der Waals surface area contributed by atoms with E-state index < -0.39 is 10.2 Å². The molecule has 90 valence electrons. The predicted molar refractivity (Wildman–Crippen MR) is 64.8 cm³/mol. The molecular weight excluding hydrogens is 246 g/mol. The Bertz CT molecular complexity index is 449. The zero-order chi connectivity index (χ0) is 11.6. The fourth-order valence-corrected chi connectivity index (χ4v) is 3.86. The third kappa shape index (κ3) is 2.72. The van der Waals surface area contributed by atoms with Crippen LogP contribution in [0.5, 0.6) is 0 Å². The molecular formula is C9H15N3O2S2. The molecule has 0 bridgehead atoms. The van der Waals surface area contributed by atoms with Crippen molar-refractivity contribution < 1.29 is 8.42 Å². The third-order valence-corrected chi connectivity index (χ3v) is 4.99. The van der Waals surface area contributed by atoms with Crippen molar-refractivity contribution in [3.05, 3.63) is 11.1 Å². The highest BCUT2D eigenvalue weighted by Crippen LogP contribution is 2.19. The predicted octanol–water partition coefficient (Wildman–Crippen LogP) is 1.59. The fourth-order valence-electron chi connectivity index (χ4n) is 1.68. The van der Waals surface area contributed by atoms with Crippen LogP contribution in [0, 0.1) is 6.92 Å². The Morgan fingerprint density at radius 2 is 2.06 bits per heavy atom. The van der Waals surface area contributed by atoms with Crippen molar-refractivity contribution in [3.63, 3.8) is 0 Å². The molecule has 1 aromatic heterocycles. The Morgan fingerprint density at radius 1 is 1.38 bits per heavy atom. The van der Waals surface area contributed by atoms with Gasteiger partial charge in [-0.15, -0.1) is 11.3 Å². The summed E-state index contributed by atoms with van der Waals surface area (Å²) < 4.78 is 27.9. The van der Waals surface area contributed by atoms with Gasteiger partial charge in [0.2, 0.25) is 0 Å². The first-order valence-corrected chi connectivity index (χ1v) is 7.60. The molecule has 1 aliphatic rings. The average Bonchev–Trinajstić information content (AvgIpc) is 2.64. The lowest BCUT2D eigenvalue weighted by Crippen LogP contribution is -2.39. The van der Waals surface area contributed by atoms with Crippen molar-refractivity contribution in [1.29, 1.82) is 0 Å². The molecule has 1 aliphatic heterocycles. The van der Waals surface area contributed by atoms with Gasteiger partial charge in [0, 0.05) is 18.5 Å². The van der Waals surface area contributed by atoms with Gasteiger partial charge in [0.25, 0.3) is 0 Å². The molecule has 0 radical (unpaired) electrons. The standard InChI is InChI=1S/C9H15N3O2S2/c1-8-7-15-9(10-8)11-16(13,14)12-5-3-2-4-6-12/h7H,2-6H2,1H3,(H,10,11). The lowest BCUT2D eigenvalue weighted by atomic mass is 10.2. The first-order chi connectivity index (χ1) is 7.58. The molecule has 0 atom stereocenters. The Labute approximate surface area is 99.7 Å². The number of piperidine rings is 1. The summed E-state index contributed by atoms with van der Waals surface area (Å²) in [6.45, 7) is 3.06. The van der Waals surface area contributed by atoms with Gasteiger partial charge in [-0.2, -0.15) is 12.7 Å². The molecule has 1 N–H and O–H groups in total. The highest BCUT2D eigenvalue weighted by atomic mass is 32.2. The van der Waals surface area contributed by atoms with Gasteiger partial charge in [-0.05, 0) is 19.8 Å². The zero-order valence-electron chi connectivity index (χ0n) is 9.14. The molecule has 1 fully saturated rings. The number of rotatable bonds is 3. The van der Waals surface area contributed by atoms with Gasteiger partial charge in [-0.1, -0.05) is 6.42 Å². The van der Waals surface area contributed by atoms with Gasteiger partial charge in [-0.3, -0.25) is 0 Å². The SMILES string of the molecule is Cc1csc(NS(=O)(=O)N2CCCCC2)n1. The minimum Gasteiger partial charge on any atom is -0.246 e. The highest BCUT2D eigenvalue weighted by Gasteiger charge is 2.24. The van der Waals surface area contributed by atoms with E-state index in [-0.39, 0.29) is 0 Å². The number of hydrogen-bond acceptors (Lipinski definition) is 4. The summed E-state index contributed by atoms with van der Waals surface area (Å²) in [7, 11) is -3.39. The number of nitrogens with one attached hydrogen (secondary N) is 1. The smallest absolute Gasteiger partial charge is 0.246 e. The molecule has 5 nitrogen and oxygen atoms in total. The van der Waals surface area contributed by atoms with Gasteiger partial charge < -0.3 is 0 Å². The van der Waals surface area contributed by atoms with Crippen LogP contribution in [-0.2, 0) is 10.2 Å². The van der Waals surface area contributed by atoms with Crippen molar-refractivity contribution >= 4 is 26.7 Å². The van der Waals surface area contributed by atoms with Crippen LogP contribution < -0.4 is 4.72 Å². The molecule has 0 aliphatic carbocycles. The van der Waals surface area contributed by atoms with E-state index in [2.05, 4.69) is 9.71 Å². The van der Waals surface area contributed by atoms with Gasteiger partial charge in [0.05, 0.1) is 5.69 Å². The van der Waals surface area contributed by atoms with Crippen LogP contribution in [0.2, 0.25) is 0 Å². The topological polar surface area (TPSA) is 62.3 Å². The number of aromatic nitrogens is 1. The summed E-state index contributed by atoms with van der Waals surface area (Å²) in [6.07, 6.45) is 3.00. The normalized spacial score (nSPS) is 18.6. The maximum atomic E-state index is 11.9. The minimum atomic E-state index is -3.39. The second kappa shape index (κ2) is 4.68. The van der Waals surface area contributed by atoms with E-state index in [1.165, 1.54) is 15.6 Å². The first-order valence-electron chi connectivity index (χ1n) is 5.28. The first kappa shape index (κ1) is 11.8. The fraction of sp³-hybridized carbons (Fsp3) is 0.667. The summed E-state index contributed by atoms with van der Waals surface area (Å²) in [5.41, 5.74) is 0.835. The number of thiazole rings is 1. The second-order valence-electron chi connectivity index (χ2n) is 3.86. The van der Waals surface area contributed by atoms with Crippen molar-refractivity contribution in [2.24, 2.45) is 0 Å². The molecule has 0 unspecified atom stereocenters. The van der Waals surface area contributed by atoms with E-state index in [1.807, 2.05) is 12.3 Å². The lowest BCUT2D eigenvalue weighted by Gasteiger charge is -2.25. The van der Waals surface area contributed by atoms with E-state index in [0.717, 1.165) is 25.0 Å². The third-order valence-electron chi connectivity index (χ3n) is 2.49. The minimum absolute atomic E-state index is 0.447. The Hall–Kier alpha value is -0.660. The van der Waals surface area contributed by atoms with Crippen LogP contribution in [0.15, 0.2) is 5.38 Å². The molecule has 2 rings (SSSR count). The van der Waals surface area contributed by atoms with E-state index in [9.17, 15) is 8.42 Å². The molecule has 16 heavy (non-hydrogen) atoms. The van der Waals surface area contributed by atoms with Crippen molar-refractivity contribution in [3.8, 4) is 0 Å². The number of nitrogens with zero attached hydrogens (tertiary/aromatic N) is 2. The van der Waals surface area contributed by atoms with E-state index in [0.29, 0.717) is 18.2 Å². The Morgan fingerprint density at radius 3 is 2.62 bits per heavy atom. The van der Waals surface area contributed by atoms with Gasteiger partial charge in [0.1, 0.15) is 0 Å². The van der Waals surface area contributed by atoms with Crippen molar-refractivity contribution in [2.45, 2.75) is 26.2 Å². The molecule has 7 heteroatoms. The van der Waals surface area contributed by atoms with E-state index >= 15 is 0 Å². The Balaban J connectivity index is 2.07. The molecule has 1 saturated heterocycles. The largest absolute Gasteiger partial charge is 0.303 e. The van der Waals surface area contributed by atoms with Crippen LogP contribution in [0.1, 0.15) is 25.0 Å². The van der Waals surface area contributed by atoms with E-state index in [1.54, 1.807) is 0 Å². The molecule has 0 spiro atoms. The maximum absolute atomic E-state index is 11.9. The quantitative estimate of drug-likeness (QED) is 0.899. The van der Waals surface area contributed by atoms with Crippen LogP contribution >= 0.6 is 11.3 Å². The van der Waals surface area contributed by atoms with Gasteiger partial charge in [0.15, 0.2) is 5.13 Å². The summed E-state index contributed by atoms with van der Waals surface area (Å²) in [6, 6.07) is 0. The molecule has 0 amide bonds. The van der Waals surface area contributed by atoms with Gasteiger partial charge in [-0.25, -0.2) is 9.71 Å². The monoisotopic (exact) mass is 261 g/mol. The van der Waals surface area contributed by atoms with Crippen LogP contribution in [0.3, 0.4) is 0 Å². The number of aryl methyl sites for hydroxylation is 1. The summed E-state index contributed by atoms with van der Waals surface area (Å²) in [4.78, 5) is 4.09. The van der Waals surface area contributed by atoms with Crippen molar-refractivity contribution in [2.75, 3.05) is 17.8 Å². The molecule has 0 saturated carbocycles. The van der Waals surface area contributed by atoms with Crippen LogP contribution in [0.4, 0.5) is 5.13 Å². The van der Waals surface area contributed by atoms with Crippen molar-refractivity contribution in [1.82, 2.24) is 9.29 Å². The number of anilines is 1. The molecule has 2 heterocycles.